The smallest absolute Gasteiger partial charge is 0.240 e. The number of rotatable bonds is 3. The lowest BCUT2D eigenvalue weighted by molar-refractivity contribution is -0.142. The van der Waals surface area contributed by atoms with E-state index in [0.717, 1.165) is 25.7 Å². The van der Waals surface area contributed by atoms with Gasteiger partial charge in [0.1, 0.15) is 6.04 Å². The summed E-state index contributed by atoms with van der Waals surface area (Å²) < 4.78 is 5.29. The molecule has 0 radical (unpaired) electrons. The SMILES string of the molecule is CO[C@H]1C[C@@H](C(N)=O)N(C(=O)C2CCC(C)(C)CC2)C1. The fraction of sp³-hybridized carbons (Fsp3) is 0.867. The van der Waals surface area contributed by atoms with E-state index < -0.39 is 11.9 Å². The molecule has 2 N–H and O–H groups in total. The van der Waals surface area contributed by atoms with Crippen LogP contribution in [0.25, 0.3) is 0 Å². The first-order chi connectivity index (χ1) is 9.34. The second-order valence-electron chi connectivity index (χ2n) is 6.94. The number of amides is 2. The van der Waals surface area contributed by atoms with E-state index in [-0.39, 0.29) is 17.9 Å². The van der Waals surface area contributed by atoms with Crippen LogP contribution in [0.1, 0.15) is 46.0 Å². The minimum Gasteiger partial charge on any atom is -0.380 e. The van der Waals surface area contributed by atoms with Crippen molar-refractivity contribution in [2.45, 2.75) is 58.1 Å². The number of likely N-dealkylation sites (tertiary alicyclic amines) is 1. The number of hydrogen-bond acceptors (Lipinski definition) is 3. The van der Waals surface area contributed by atoms with Crippen molar-refractivity contribution in [1.29, 1.82) is 0 Å². The van der Waals surface area contributed by atoms with Crippen LogP contribution in [0, 0.1) is 11.3 Å². The van der Waals surface area contributed by atoms with Crippen molar-refractivity contribution in [2.24, 2.45) is 17.1 Å². The maximum absolute atomic E-state index is 12.7. The van der Waals surface area contributed by atoms with Gasteiger partial charge in [0.2, 0.25) is 11.8 Å². The monoisotopic (exact) mass is 282 g/mol. The highest BCUT2D eigenvalue weighted by atomic mass is 16.5. The van der Waals surface area contributed by atoms with Gasteiger partial charge in [-0.3, -0.25) is 9.59 Å². The number of hydrogen-bond donors (Lipinski definition) is 1. The van der Waals surface area contributed by atoms with Gasteiger partial charge in [0, 0.05) is 26.0 Å². The molecule has 1 saturated carbocycles. The van der Waals surface area contributed by atoms with Crippen molar-refractivity contribution in [1.82, 2.24) is 4.90 Å². The van der Waals surface area contributed by atoms with E-state index in [1.54, 1.807) is 12.0 Å². The van der Waals surface area contributed by atoms with Crippen molar-refractivity contribution >= 4 is 11.8 Å². The van der Waals surface area contributed by atoms with Gasteiger partial charge in [-0.1, -0.05) is 13.8 Å². The first kappa shape index (κ1) is 15.3. The molecular weight excluding hydrogens is 256 g/mol. The van der Waals surface area contributed by atoms with Crippen LogP contribution in [0.15, 0.2) is 0 Å². The van der Waals surface area contributed by atoms with Crippen molar-refractivity contribution < 1.29 is 14.3 Å². The van der Waals surface area contributed by atoms with Crippen LogP contribution in [0.3, 0.4) is 0 Å². The highest BCUT2D eigenvalue weighted by Gasteiger charge is 2.42. The Kier molecular flexibility index (Phi) is 4.37. The first-order valence-corrected chi connectivity index (χ1v) is 7.46. The molecule has 114 valence electrons. The standard InChI is InChI=1S/C15H26N2O3/c1-15(2)6-4-10(5-7-15)14(19)17-9-11(20-3)8-12(17)13(16)18/h10-12H,4-9H2,1-3H3,(H2,16,18)/t11-,12-/m0/s1. The normalized spacial score (nSPS) is 30.4. The van der Waals surface area contributed by atoms with Crippen molar-refractivity contribution in [3.8, 4) is 0 Å². The molecule has 2 rings (SSSR count). The van der Waals surface area contributed by atoms with Gasteiger partial charge in [0.25, 0.3) is 0 Å². The van der Waals surface area contributed by atoms with Crippen LogP contribution in [0.2, 0.25) is 0 Å². The van der Waals surface area contributed by atoms with E-state index in [0.29, 0.717) is 18.4 Å². The minimum absolute atomic E-state index is 0.0421. The Morgan fingerprint density at radius 2 is 1.85 bits per heavy atom. The Balaban J connectivity index is 2.02. The molecular formula is C15H26N2O3. The fourth-order valence-corrected chi connectivity index (χ4v) is 3.36. The molecule has 5 heteroatoms. The molecule has 1 heterocycles. The van der Waals surface area contributed by atoms with E-state index in [9.17, 15) is 9.59 Å². The zero-order chi connectivity index (χ0) is 14.9. The van der Waals surface area contributed by atoms with Gasteiger partial charge in [-0.2, -0.15) is 0 Å². The number of nitrogens with two attached hydrogens (primary N) is 1. The molecule has 5 nitrogen and oxygen atoms in total. The van der Waals surface area contributed by atoms with Crippen LogP contribution in [0.5, 0.6) is 0 Å². The van der Waals surface area contributed by atoms with Gasteiger partial charge in [-0.05, 0) is 31.1 Å². The Labute approximate surface area is 120 Å². The molecule has 1 aliphatic heterocycles. The predicted molar refractivity (Wildman–Crippen MR) is 75.8 cm³/mol. The van der Waals surface area contributed by atoms with E-state index in [1.165, 1.54) is 0 Å². The summed E-state index contributed by atoms with van der Waals surface area (Å²) in [4.78, 5) is 25.8. The van der Waals surface area contributed by atoms with Crippen molar-refractivity contribution in [2.75, 3.05) is 13.7 Å². The van der Waals surface area contributed by atoms with Crippen LogP contribution in [0.4, 0.5) is 0 Å². The highest BCUT2D eigenvalue weighted by Crippen LogP contribution is 2.39. The minimum atomic E-state index is -0.498. The van der Waals surface area contributed by atoms with Gasteiger partial charge in [0.05, 0.1) is 6.10 Å². The third-order valence-electron chi connectivity index (χ3n) is 4.90. The third-order valence-corrected chi connectivity index (χ3v) is 4.90. The van der Waals surface area contributed by atoms with Gasteiger partial charge < -0.3 is 15.4 Å². The molecule has 2 fully saturated rings. The summed E-state index contributed by atoms with van der Waals surface area (Å²) in [6.45, 7) is 4.98. The summed E-state index contributed by atoms with van der Waals surface area (Å²) in [5.41, 5.74) is 5.76. The number of primary amides is 1. The molecule has 2 amide bonds. The van der Waals surface area contributed by atoms with Crippen molar-refractivity contribution in [3.63, 3.8) is 0 Å². The fourth-order valence-electron chi connectivity index (χ4n) is 3.36. The second-order valence-corrected chi connectivity index (χ2v) is 6.94. The van der Waals surface area contributed by atoms with Gasteiger partial charge in [0.15, 0.2) is 0 Å². The van der Waals surface area contributed by atoms with Crippen LogP contribution in [-0.4, -0.2) is 42.5 Å². The molecule has 0 aromatic carbocycles. The molecule has 2 aliphatic rings. The third kappa shape index (κ3) is 3.14. The van der Waals surface area contributed by atoms with Crippen LogP contribution in [-0.2, 0) is 14.3 Å². The molecule has 1 aliphatic carbocycles. The number of carbonyl (C=O) groups is 2. The van der Waals surface area contributed by atoms with E-state index in [2.05, 4.69) is 13.8 Å². The topological polar surface area (TPSA) is 72.6 Å². The van der Waals surface area contributed by atoms with Crippen LogP contribution < -0.4 is 5.73 Å². The molecule has 0 aromatic heterocycles. The molecule has 0 unspecified atom stereocenters. The molecule has 2 atom stereocenters. The Morgan fingerprint density at radius 3 is 2.35 bits per heavy atom. The van der Waals surface area contributed by atoms with E-state index in [4.69, 9.17) is 10.5 Å². The Hall–Kier alpha value is -1.10. The van der Waals surface area contributed by atoms with Crippen molar-refractivity contribution in [3.05, 3.63) is 0 Å². The molecule has 0 spiro atoms. The number of nitrogens with zero attached hydrogens (tertiary/aromatic N) is 1. The average Bonchev–Trinajstić information content (AvgIpc) is 2.82. The van der Waals surface area contributed by atoms with Gasteiger partial charge in [-0.25, -0.2) is 0 Å². The lowest BCUT2D eigenvalue weighted by atomic mass is 9.73. The zero-order valence-corrected chi connectivity index (χ0v) is 12.7. The zero-order valence-electron chi connectivity index (χ0n) is 12.7. The Bertz CT molecular complexity index is 385. The maximum atomic E-state index is 12.7. The predicted octanol–water partition coefficient (Wildman–Crippen LogP) is 1.30. The molecule has 20 heavy (non-hydrogen) atoms. The highest BCUT2D eigenvalue weighted by molar-refractivity contribution is 5.88. The summed E-state index contributed by atoms with van der Waals surface area (Å²) in [6, 6.07) is -0.498. The summed E-state index contributed by atoms with van der Waals surface area (Å²) in [6.07, 6.45) is 4.39. The van der Waals surface area contributed by atoms with Crippen LogP contribution >= 0.6 is 0 Å². The van der Waals surface area contributed by atoms with Gasteiger partial charge in [-0.15, -0.1) is 0 Å². The maximum Gasteiger partial charge on any atom is 0.240 e. The first-order valence-electron chi connectivity index (χ1n) is 7.46. The van der Waals surface area contributed by atoms with E-state index in [1.807, 2.05) is 0 Å². The summed E-state index contributed by atoms with van der Waals surface area (Å²) in [7, 11) is 1.61. The molecule has 0 bridgehead atoms. The Morgan fingerprint density at radius 1 is 1.25 bits per heavy atom. The quantitative estimate of drug-likeness (QED) is 0.848. The van der Waals surface area contributed by atoms with E-state index >= 15 is 0 Å². The lowest BCUT2D eigenvalue weighted by Crippen LogP contribution is -2.47. The van der Waals surface area contributed by atoms with Gasteiger partial charge >= 0.3 is 0 Å². The number of ether oxygens (including phenoxy) is 1. The number of methoxy groups -OCH3 is 1. The summed E-state index contributed by atoms with van der Waals surface area (Å²) >= 11 is 0. The average molecular weight is 282 g/mol. The summed E-state index contributed by atoms with van der Waals surface area (Å²) in [5, 5.41) is 0. The summed E-state index contributed by atoms with van der Waals surface area (Å²) in [5.74, 6) is -0.293. The number of carbonyl (C=O) groups excluding carboxylic acids is 2. The lowest BCUT2D eigenvalue weighted by Gasteiger charge is -2.36. The molecule has 0 aromatic rings. The second kappa shape index (κ2) is 5.72. The molecule has 1 saturated heterocycles. The largest absolute Gasteiger partial charge is 0.380 e.